The lowest BCUT2D eigenvalue weighted by atomic mass is 9.97. The largest absolute Gasteiger partial charge is 0.497 e. The molecule has 0 saturated carbocycles. The molecule has 3 aromatic rings. The molecule has 2 aromatic carbocycles. The highest BCUT2D eigenvalue weighted by Crippen LogP contribution is 2.44. The Kier molecular flexibility index (Phi) is 6.25. The highest BCUT2D eigenvalue weighted by atomic mass is 19.4. The molecule has 0 aliphatic carbocycles. The van der Waals surface area contributed by atoms with Crippen molar-refractivity contribution in [3.05, 3.63) is 66.4 Å². The average Bonchev–Trinajstić information content (AvgIpc) is 3.12. The third kappa shape index (κ3) is 4.16. The second-order valence-electron chi connectivity index (χ2n) is 6.88. The molecule has 0 saturated heterocycles. The van der Waals surface area contributed by atoms with Crippen molar-refractivity contribution in [3.8, 4) is 16.9 Å². The quantitative estimate of drug-likeness (QED) is 0.373. The number of hydrogen-bond donors (Lipinski definition) is 0. The number of para-hydroxylation sites is 1. The molecule has 5 nitrogen and oxygen atoms in total. The Morgan fingerprint density at radius 1 is 1.06 bits per heavy atom. The second kappa shape index (κ2) is 8.74. The molecule has 8 heteroatoms. The van der Waals surface area contributed by atoms with E-state index < -0.39 is 23.6 Å². The minimum atomic E-state index is -4.77. The van der Waals surface area contributed by atoms with Crippen LogP contribution in [0.1, 0.15) is 23.0 Å². The maximum atomic E-state index is 13.8. The first-order chi connectivity index (χ1) is 15.1. The van der Waals surface area contributed by atoms with Crippen LogP contribution in [0.5, 0.6) is 5.75 Å². The fourth-order valence-electron chi connectivity index (χ4n) is 3.51. The minimum Gasteiger partial charge on any atom is -0.497 e. The Morgan fingerprint density at radius 2 is 1.72 bits per heavy atom. The molecule has 0 spiro atoms. The third-order valence-corrected chi connectivity index (χ3v) is 4.94. The van der Waals surface area contributed by atoms with Gasteiger partial charge in [-0.15, -0.1) is 0 Å². The van der Waals surface area contributed by atoms with Gasteiger partial charge in [0.2, 0.25) is 5.91 Å². The first kappa shape index (κ1) is 22.9. The fraction of sp³-hybridized carbons (Fsp3) is 0.167. The van der Waals surface area contributed by atoms with E-state index >= 15 is 0 Å². The number of rotatable bonds is 5. The van der Waals surface area contributed by atoms with E-state index in [1.54, 1.807) is 42.5 Å². The topological polar surface area (TPSA) is 57.5 Å². The summed E-state index contributed by atoms with van der Waals surface area (Å²) in [5, 5.41) is 0.401. The van der Waals surface area contributed by atoms with Crippen LogP contribution in [-0.4, -0.2) is 36.8 Å². The van der Waals surface area contributed by atoms with Crippen LogP contribution in [-0.2, 0) is 9.53 Å². The van der Waals surface area contributed by atoms with Gasteiger partial charge in [0.25, 0.3) is 0 Å². The van der Waals surface area contributed by atoms with Crippen LogP contribution in [0.4, 0.5) is 13.2 Å². The lowest BCUT2D eigenvalue weighted by Crippen LogP contribution is -2.17. The van der Waals surface area contributed by atoms with Crippen LogP contribution in [0.15, 0.2) is 55.1 Å². The summed E-state index contributed by atoms with van der Waals surface area (Å²) in [4.78, 5) is 24.2. The fourth-order valence-corrected chi connectivity index (χ4v) is 3.51. The van der Waals surface area contributed by atoms with Crippen molar-refractivity contribution in [2.24, 2.45) is 0 Å². The zero-order chi connectivity index (χ0) is 23.6. The van der Waals surface area contributed by atoms with Crippen LogP contribution >= 0.6 is 0 Å². The van der Waals surface area contributed by atoms with Crippen molar-refractivity contribution in [1.29, 1.82) is 0 Å². The van der Waals surface area contributed by atoms with Crippen molar-refractivity contribution in [2.45, 2.75) is 13.1 Å². The molecule has 1 aromatic heterocycles. The number of aromatic nitrogens is 1. The zero-order valence-electron chi connectivity index (χ0n) is 17.6. The van der Waals surface area contributed by atoms with Gasteiger partial charge >= 0.3 is 12.1 Å². The Balaban J connectivity index is 2.47. The van der Waals surface area contributed by atoms with Gasteiger partial charge in [-0.05, 0) is 29.3 Å². The second-order valence-corrected chi connectivity index (χ2v) is 6.88. The normalized spacial score (nSPS) is 11.7. The molecule has 32 heavy (non-hydrogen) atoms. The Bertz CT molecular complexity index is 1230. The number of allylic oxidation sites excluding steroid dienone is 1. The van der Waals surface area contributed by atoms with Crippen molar-refractivity contribution in [3.63, 3.8) is 0 Å². The summed E-state index contributed by atoms with van der Waals surface area (Å²) in [6, 6.07) is 11.3. The summed E-state index contributed by atoms with van der Waals surface area (Å²) in [6.07, 6.45) is -2.24. The Labute approximate surface area is 182 Å². The number of fused-ring (bicyclic) bond motifs is 1. The van der Waals surface area contributed by atoms with Crippen LogP contribution in [0.3, 0.4) is 0 Å². The van der Waals surface area contributed by atoms with E-state index in [9.17, 15) is 22.8 Å². The summed E-state index contributed by atoms with van der Waals surface area (Å²) in [5.74, 6) is -0.741. The molecule has 0 N–H and O–H groups in total. The molecule has 0 aliphatic heterocycles. The summed E-state index contributed by atoms with van der Waals surface area (Å²) < 4.78 is 52.1. The van der Waals surface area contributed by atoms with Crippen LogP contribution in [0, 0.1) is 0 Å². The van der Waals surface area contributed by atoms with E-state index in [-0.39, 0.29) is 16.8 Å². The third-order valence-electron chi connectivity index (χ3n) is 4.94. The lowest BCUT2D eigenvalue weighted by molar-refractivity contribution is -0.134. The van der Waals surface area contributed by atoms with E-state index in [2.05, 4.69) is 11.3 Å². The van der Waals surface area contributed by atoms with Gasteiger partial charge in [0.05, 0.1) is 31.0 Å². The minimum absolute atomic E-state index is 0.202. The molecule has 0 amide bonds. The van der Waals surface area contributed by atoms with Gasteiger partial charge < -0.3 is 9.47 Å². The number of nitrogens with zero attached hydrogens (tertiary/aromatic N) is 1. The number of alkyl halides is 3. The van der Waals surface area contributed by atoms with E-state index in [0.717, 1.165) is 10.6 Å². The van der Waals surface area contributed by atoms with E-state index in [0.29, 0.717) is 22.3 Å². The average molecular weight is 443 g/mol. The van der Waals surface area contributed by atoms with Gasteiger partial charge in [-0.2, -0.15) is 13.2 Å². The van der Waals surface area contributed by atoms with Gasteiger partial charge in [0, 0.05) is 23.9 Å². The van der Waals surface area contributed by atoms with Gasteiger partial charge in [0.1, 0.15) is 5.75 Å². The van der Waals surface area contributed by atoms with E-state index in [4.69, 9.17) is 4.74 Å². The smallest absolute Gasteiger partial charge is 0.417 e. The van der Waals surface area contributed by atoms with Crippen molar-refractivity contribution >= 4 is 34.4 Å². The van der Waals surface area contributed by atoms with Crippen molar-refractivity contribution in [1.82, 2.24) is 4.57 Å². The predicted molar refractivity (Wildman–Crippen MR) is 116 cm³/mol. The summed E-state index contributed by atoms with van der Waals surface area (Å²) in [5.41, 5.74) is -0.258. The predicted octanol–water partition coefficient (Wildman–Crippen LogP) is 5.74. The van der Waals surface area contributed by atoms with Gasteiger partial charge in [-0.1, -0.05) is 36.9 Å². The number of ether oxygens (including phenoxy) is 2. The number of carbonyl (C=O) groups is 2. The number of methoxy groups -OCH3 is 2. The maximum Gasteiger partial charge on any atom is 0.417 e. The van der Waals surface area contributed by atoms with Crippen molar-refractivity contribution in [2.75, 3.05) is 14.2 Å². The zero-order valence-corrected chi connectivity index (χ0v) is 17.6. The van der Waals surface area contributed by atoms with Gasteiger partial charge in [0.15, 0.2) is 0 Å². The SMILES string of the molecule is C=C(c1c(-c2ccc(OC)cc2)c2cccc(/C=C/C(=O)OC)c2n1C(C)=O)C(F)(F)F. The number of hydrogen-bond acceptors (Lipinski definition) is 4. The molecule has 0 fully saturated rings. The maximum absolute atomic E-state index is 13.8. The molecule has 3 rings (SSSR count). The first-order valence-electron chi connectivity index (χ1n) is 9.45. The standard InChI is InChI=1S/C24H20F3NO4/c1-14(24(25,26)27)22-21(16-8-11-18(31-3)12-9-16)19-7-5-6-17(10-13-20(30)32-4)23(19)28(22)15(2)29/h5-13H,1H2,2-4H3/b13-10+. The van der Waals surface area contributed by atoms with Crippen molar-refractivity contribution < 1.29 is 32.2 Å². The van der Waals surface area contributed by atoms with Crippen LogP contribution in [0.25, 0.3) is 33.7 Å². The Hall–Kier alpha value is -3.81. The number of carbonyl (C=O) groups excluding carboxylic acids is 2. The number of halogens is 3. The summed E-state index contributed by atoms with van der Waals surface area (Å²) >= 11 is 0. The molecule has 0 atom stereocenters. The molecule has 1 heterocycles. The first-order valence-corrected chi connectivity index (χ1v) is 9.45. The van der Waals surface area contributed by atoms with Gasteiger partial charge in [-0.25, -0.2) is 4.79 Å². The van der Waals surface area contributed by atoms with Gasteiger partial charge in [-0.3, -0.25) is 9.36 Å². The van der Waals surface area contributed by atoms with Crippen LogP contribution in [0.2, 0.25) is 0 Å². The molecule has 0 aliphatic rings. The van der Waals surface area contributed by atoms with Crippen LogP contribution < -0.4 is 4.74 Å². The highest BCUT2D eigenvalue weighted by Gasteiger charge is 2.38. The number of esters is 1. The summed E-state index contributed by atoms with van der Waals surface area (Å²) in [6.45, 7) is 4.43. The Morgan fingerprint density at radius 3 is 2.25 bits per heavy atom. The molecule has 0 unspecified atom stereocenters. The highest BCUT2D eigenvalue weighted by molar-refractivity contribution is 6.10. The summed E-state index contributed by atoms with van der Waals surface area (Å²) in [7, 11) is 2.69. The monoisotopic (exact) mass is 443 g/mol. The molecular formula is C24H20F3NO4. The molecule has 166 valence electrons. The molecule has 0 radical (unpaired) electrons. The van der Waals surface area contributed by atoms with E-state index in [1.807, 2.05) is 0 Å². The molecule has 0 bridgehead atoms. The van der Waals surface area contributed by atoms with E-state index in [1.165, 1.54) is 27.2 Å². The number of benzene rings is 2. The molecular weight excluding hydrogens is 423 g/mol. The lowest BCUT2D eigenvalue weighted by Gasteiger charge is -2.15.